The standard InChI is InChI=1S/C21H18N2O4/c1-3-15-10-20(24)27-19-11-17(7-8-18(15)19)26-13(2)21(25)23-16-6-4-5-14(9-16)12-22/h4-11,13H,3H2,1-2H3,(H,23,25). The molecule has 0 saturated heterocycles. The number of amides is 1. The van der Waals surface area contributed by atoms with Crippen molar-refractivity contribution in [3.8, 4) is 11.8 Å². The molecule has 1 N–H and O–H groups in total. The van der Waals surface area contributed by atoms with Gasteiger partial charge in [-0.25, -0.2) is 4.79 Å². The number of nitrogens with one attached hydrogen (secondary N) is 1. The zero-order valence-electron chi connectivity index (χ0n) is 15.0. The summed E-state index contributed by atoms with van der Waals surface area (Å²) in [6.45, 7) is 3.58. The van der Waals surface area contributed by atoms with Gasteiger partial charge in [0.05, 0.1) is 11.6 Å². The van der Waals surface area contributed by atoms with Crippen LogP contribution in [0.25, 0.3) is 11.0 Å². The average Bonchev–Trinajstić information content (AvgIpc) is 2.67. The quantitative estimate of drug-likeness (QED) is 0.700. The van der Waals surface area contributed by atoms with E-state index in [1.165, 1.54) is 6.07 Å². The molecule has 0 aliphatic heterocycles. The van der Waals surface area contributed by atoms with E-state index in [2.05, 4.69) is 5.32 Å². The van der Waals surface area contributed by atoms with Gasteiger partial charge >= 0.3 is 5.63 Å². The first-order chi connectivity index (χ1) is 13.0. The molecule has 0 bridgehead atoms. The maximum absolute atomic E-state index is 12.3. The molecule has 1 atom stereocenters. The minimum atomic E-state index is -0.783. The lowest BCUT2D eigenvalue weighted by molar-refractivity contribution is -0.122. The molecule has 0 spiro atoms. The van der Waals surface area contributed by atoms with Crippen LogP contribution in [-0.4, -0.2) is 12.0 Å². The first-order valence-corrected chi connectivity index (χ1v) is 8.54. The molecule has 0 aliphatic rings. The summed E-state index contributed by atoms with van der Waals surface area (Å²) in [5.74, 6) is 0.0706. The molecule has 0 radical (unpaired) electrons. The highest BCUT2D eigenvalue weighted by atomic mass is 16.5. The van der Waals surface area contributed by atoms with Crippen LogP contribution < -0.4 is 15.7 Å². The predicted octanol–water partition coefficient (Wildman–Crippen LogP) is 3.63. The van der Waals surface area contributed by atoms with E-state index in [1.807, 2.05) is 19.1 Å². The number of ether oxygens (including phenoxy) is 1. The molecule has 0 fully saturated rings. The van der Waals surface area contributed by atoms with Crippen molar-refractivity contribution >= 4 is 22.6 Å². The van der Waals surface area contributed by atoms with E-state index in [0.29, 0.717) is 29.0 Å². The molecule has 3 rings (SSSR count). The summed E-state index contributed by atoms with van der Waals surface area (Å²) < 4.78 is 10.9. The largest absolute Gasteiger partial charge is 0.481 e. The summed E-state index contributed by atoms with van der Waals surface area (Å²) in [5.41, 5.74) is 1.88. The van der Waals surface area contributed by atoms with Gasteiger partial charge in [0.15, 0.2) is 6.10 Å². The number of fused-ring (bicyclic) bond motifs is 1. The second kappa shape index (κ2) is 7.75. The van der Waals surface area contributed by atoms with Gasteiger partial charge in [0.1, 0.15) is 11.3 Å². The highest BCUT2D eigenvalue weighted by Gasteiger charge is 2.16. The van der Waals surface area contributed by atoms with Gasteiger partial charge in [-0.15, -0.1) is 0 Å². The van der Waals surface area contributed by atoms with Crippen molar-refractivity contribution in [3.05, 3.63) is 70.1 Å². The Labute approximate surface area is 156 Å². The number of carbonyl (C=O) groups is 1. The molecule has 1 amide bonds. The number of nitriles is 1. The maximum Gasteiger partial charge on any atom is 0.336 e. The molecule has 2 aromatic carbocycles. The van der Waals surface area contributed by atoms with Crippen molar-refractivity contribution in [1.29, 1.82) is 5.26 Å². The van der Waals surface area contributed by atoms with Crippen molar-refractivity contribution in [2.24, 2.45) is 0 Å². The zero-order valence-corrected chi connectivity index (χ0v) is 15.0. The lowest BCUT2D eigenvalue weighted by Crippen LogP contribution is -2.30. The first-order valence-electron chi connectivity index (χ1n) is 8.54. The molecule has 6 heteroatoms. The number of aryl methyl sites for hydroxylation is 1. The molecule has 3 aromatic rings. The monoisotopic (exact) mass is 362 g/mol. The summed E-state index contributed by atoms with van der Waals surface area (Å²) in [6, 6.07) is 15.3. The Bertz CT molecular complexity index is 1100. The molecule has 27 heavy (non-hydrogen) atoms. The third-order valence-corrected chi connectivity index (χ3v) is 4.12. The van der Waals surface area contributed by atoms with Gasteiger partial charge in [-0.05, 0) is 49.2 Å². The number of carbonyl (C=O) groups excluding carboxylic acids is 1. The second-order valence-corrected chi connectivity index (χ2v) is 6.04. The minimum Gasteiger partial charge on any atom is -0.481 e. The van der Waals surface area contributed by atoms with Gasteiger partial charge in [-0.1, -0.05) is 13.0 Å². The molecular formula is C21H18N2O4. The fraction of sp³-hybridized carbons (Fsp3) is 0.190. The van der Waals surface area contributed by atoms with Gasteiger partial charge in [0.2, 0.25) is 0 Å². The lowest BCUT2D eigenvalue weighted by Gasteiger charge is -2.15. The first kappa shape index (κ1) is 18.2. The van der Waals surface area contributed by atoms with Crippen LogP contribution in [0.15, 0.2) is 57.7 Å². The Morgan fingerprint density at radius 1 is 1.26 bits per heavy atom. The highest BCUT2D eigenvalue weighted by Crippen LogP contribution is 2.24. The summed E-state index contributed by atoms with van der Waals surface area (Å²) in [4.78, 5) is 24.0. The fourth-order valence-corrected chi connectivity index (χ4v) is 2.74. The van der Waals surface area contributed by atoms with Gasteiger partial charge in [-0.2, -0.15) is 5.26 Å². The Morgan fingerprint density at radius 3 is 2.81 bits per heavy atom. The van der Waals surface area contributed by atoms with E-state index < -0.39 is 11.7 Å². The van der Waals surface area contributed by atoms with Crippen molar-refractivity contribution < 1.29 is 13.9 Å². The van der Waals surface area contributed by atoms with Crippen LogP contribution in [0.2, 0.25) is 0 Å². The molecular weight excluding hydrogens is 344 g/mol. The second-order valence-electron chi connectivity index (χ2n) is 6.04. The smallest absolute Gasteiger partial charge is 0.336 e. The summed E-state index contributed by atoms with van der Waals surface area (Å²) >= 11 is 0. The fourth-order valence-electron chi connectivity index (χ4n) is 2.74. The van der Waals surface area contributed by atoms with E-state index in [-0.39, 0.29) is 5.91 Å². The molecule has 1 heterocycles. The van der Waals surface area contributed by atoms with Crippen LogP contribution in [0.4, 0.5) is 5.69 Å². The summed E-state index contributed by atoms with van der Waals surface area (Å²) in [5, 5.41) is 12.5. The van der Waals surface area contributed by atoms with Crippen molar-refractivity contribution in [1.82, 2.24) is 0 Å². The molecule has 136 valence electrons. The van der Waals surface area contributed by atoms with Crippen LogP contribution in [0.3, 0.4) is 0 Å². The molecule has 0 saturated carbocycles. The van der Waals surface area contributed by atoms with Gasteiger partial charge in [-0.3, -0.25) is 4.79 Å². The predicted molar refractivity (Wildman–Crippen MR) is 102 cm³/mol. The van der Waals surface area contributed by atoms with Gasteiger partial charge in [0.25, 0.3) is 5.91 Å². The summed E-state index contributed by atoms with van der Waals surface area (Å²) in [6.07, 6.45) is -0.0719. The topological polar surface area (TPSA) is 92.3 Å². The van der Waals surface area contributed by atoms with Crippen molar-refractivity contribution in [2.45, 2.75) is 26.4 Å². The molecule has 1 aromatic heterocycles. The molecule has 1 unspecified atom stereocenters. The number of anilines is 1. The Hall–Kier alpha value is -3.59. The Balaban J connectivity index is 1.76. The number of benzene rings is 2. The van der Waals surface area contributed by atoms with E-state index in [1.54, 1.807) is 43.3 Å². The third kappa shape index (κ3) is 4.15. The molecule has 6 nitrogen and oxygen atoms in total. The van der Waals surface area contributed by atoms with E-state index in [9.17, 15) is 9.59 Å². The third-order valence-electron chi connectivity index (χ3n) is 4.12. The minimum absolute atomic E-state index is 0.353. The number of hydrogen-bond acceptors (Lipinski definition) is 5. The maximum atomic E-state index is 12.3. The Morgan fingerprint density at radius 2 is 2.07 bits per heavy atom. The Kier molecular flexibility index (Phi) is 5.23. The van der Waals surface area contributed by atoms with E-state index in [4.69, 9.17) is 14.4 Å². The number of nitrogens with zero attached hydrogens (tertiary/aromatic N) is 1. The van der Waals surface area contributed by atoms with Crippen LogP contribution in [0.5, 0.6) is 5.75 Å². The summed E-state index contributed by atoms with van der Waals surface area (Å²) in [7, 11) is 0. The average molecular weight is 362 g/mol. The lowest BCUT2D eigenvalue weighted by atomic mass is 10.1. The van der Waals surface area contributed by atoms with E-state index >= 15 is 0 Å². The molecule has 0 aliphatic carbocycles. The number of rotatable bonds is 5. The van der Waals surface area contributed by atoms with Crippen LogP contribution in [-0.2, 0) is 11.2 Å². The highest BCUT2D eigenvalue weighted by molar-refractivity contribution is 5.94. The van der Waals surface area contributed by atoms with Gasteiger partial charge < -0.3 is 14.5 Å². The normalized spacial score (nSPS) is 11.6. The van der Waals surface area contributed by atoms with Crippen molar-refractivity contribution in [2.75, 3.05) is 5.32 Å². The zero-order chi connectivity index (χ0) is 19.4. The number of hydrogen-bond donors (Lipinski definition) is 1. The SMILES string of the molecule is CCc1cc(=O)oc2cc(OC(C)C(=O)Nc3cccc(C#N)c3)ccc12. The van der Waals surface area contributed by atoms with E-state index in [0.717, 1.165) is 10.9 Å². The van der Waals surface area contributed by atoms with Crippen molar-refractivity contribution in [3.63, 3.8) is 0 Å². The van der Waals surface area contributed by atoms with Crippen LogP contribution in [0.1, 0.15) is 25.0 Å². The van der Waals surface area contributed by atoms with Crippen LogP contribution in [0, 0.1) is 11.3 Å². The van der Waals surface area contributed by atoms with Gasteiger partial charge in [0, 0.05) is 23.2 Å². The van der Waals surface area contributed by atoms with Crippen LogP contribution >= 0.6 is 0 Å².